The zero-order chi connectivity index (χ0) is 14.9. The van der Waals surface area contributed by atoms with Gasteiger partial charge < -0.3 is 4.74 Å². The Morgan fingerprint density at radius 1 is 1.45 bits per heavy atom. The quantitative estimate of drug-likeness (QED) is 0.345. The van der Waals surface area contributed by atoms with E-state index in [0.717, 1.165) is 6.04 Å². The normalized spacial score (nSPS) is 12.2. The molecule has 0 aliphatic rings. The number of aromatic amines is 1. The molecule has 0 aliphatic heterocycles. The topological polar surface area (TPSA) is 72.8 Å². The van der Waals surface area contributed by atoms with Crippen LogP contribution < -0.4 is 5.56 Å². The first-order valence-electron chi connectivity index (χ1n) is 6.17. The Morgan fingerprint density at radius 2 is 2.15 bits per heavy atom. The highest BCUT2D eigenvalue weighted by Crippen LogP contribution is 2.16. The first-order chi connectivity index (χ1) is 9.28. The molecule has 2 aromatic rings. The summed E-state index contributed by atoms with van der Waals surface area (Å²) in [5.41, 5.74) is 0.175. The largest absolute Gasteiger partial charge is 0.359 e. The molecule has 0 saturated heterocycles. The van der Waals surface area contributed by atoms with Crippen LogP contribution in [0.4, 0.5) is 0 Å². The van der Waals surface area contributed by atoms with Crippen molar-refractivity contribution in [2.75, 3.05) is 6.61 Å². The molecule has 0 unspecified atom stereocenters. The summed E-state index contributed by atoms with van der Waals surface area (Å²) in [7, 11) is -1.11. The lowest BCUT2D eigenvalue weighted by Crippen LogP contribution is -2.22. The molecule has 0 bridgehead atoms. The fourth-order valence-corrected chi connectivity index (χ4v) is 3.30. The molecule has 2 heterocycles. The summed E-state index contributed by atoms with van der Waals surface area (Å²) in [6.07, 6.45) is 0. The summed E-state index contributed by atoms with van der Waals surface area (Å²) in [5, 5.41) is 4.78. The van der Waals surface area contributed by atoms with Crippen LogP contribution in [0.15, 0.2) is 4.79 Å². The van der Waals surface area contributed by atoms with E-state index in [1.54, 1.807) is 4.68 Å². The van der Waals surface area contributed by atoms with Gasteiger partial charge in [0, 0.05) is 14.7 Å². The Kier molecular flexibility index (Phi) is 4.87. The SMILES string of the molecule is C[Si](C)(C)CCOCn1nc(I)c2c(=O)[nH]c(Cl)nc21. The first-order valence-corrected chi connectivity index (χ1v) is 11.3. The Labute approximate surface area is 136 Å². The van der Waals surface area contributed by atoms with Gasteiger partial charge in [0.25, 0.3) is 5.56 Å². The van der Waals surface area contributed by atoms with E-state index >= 15 is 0 Å². The maximum absolute atomic E-state index is 11.8. The van der Waals surface area contributed by atoms with Gasteiger partial charge in [0.15, 0.2) is 5.65 Å². The third kappa shape index (κ3) is 3.80. The third-order valence-corrected chi connectivity index (χ3v) is 5.38. The van der Waals surface area contributed by atoms with Crippen LogP contribution in [0.3, 0.4) is 0 Å². The van der Waals surface area contributed by atoms with Gasteiger partial charge in [-0.15, -0.1) is 0 Å². The van der Waals surface area contributed by atoms with E-state index in [4.69, 9.17) is 16.3 Å². The maximum Gasteiger partial charge on any atom is 0.264 e. The van der Waals surface area contributed by atoms with Gasteiger partial charge in [-0.05, 0) is 40.2 Å². The molecule has 110 valence electrons. The first kappa shape index (κ1) is 15.9. The zero-order valence-corrected chi connectivity index (χ0v) is 15.4. The smallest absolute Gasteiger partial charge is 0.264 e. The minimum Gasteiger partial charge on any atom is -0.359 e. The molecule has 0 aromatic carbocycles. The number of halogens is 2. The highest BCUT2D eigenvalue weighted by Gasteiger charge is 2.15. The maximum atomic E-state index is 11.8. The lowest BCUT2D eigenvalue weighted by molar-refractivity contribution is 0.0810. The summed E-state index contributed by atoms with van der Waals surface area (Å²) in [6, 6.07) is 1.08. The lowest BCUT2D eigenvalue weighted by Gasteiger charge is -2.15. The van der Waals surface area contributed by atoms with Gasteiger partial charge in [-0.2, -0.15) is 10.1 Å². The predicted molar refractivity (Wildman–Crippen MR) is 90.0 cm³/mol. The van der Waals surface area contributed by atoms with Gasteiger partial charge in [-0.3, -0.25) is 9.78 Å². The van der Waals surface area contributed by atoms with Crippen LogP contribution in [0.5, 0.6) is 0 Å². The van der Waals surface area contributed by atoms with E-state index in [0.29, 0.717) is 21.3 Å². The van der Waals surface area contributed by atoms with Crippen molar-refractivity contribution in [3.05, 3.63) is 19.3 Å². The highest BCUT2D eigenvalue weighted by molar-refractivity contribution is 14.1. The average molecular weight is 427 g/mol. The van der Waals surface area contributed by atoms with Gasteiger partial charge in [-0.25, -0.2) is 4.68 Å². The van der Waals surface area contributed by atoms with Gasteiger partial charge in [0.1, 0.15) is 15.8 Å². The summed E-state index contributed by atoms with van der Waals surface area (Å²) in [4.78, 5) is 18.4. The second kappa shape index (κ2) is 6.12. The number of fused-ring (bicyclic) bond motifs is 1. The van der Waals surface area contributed by atoms with Crippen LogP contribution in [-0.4, -0.2) is 34.4 Å². The third-order valence-electron chi connectivity index (χ3n) is 2.74. The summed E-state index contributed by atoms with van der Waals surface area (Å²) in [6.45, 7) is 7.85. The number of nitrogens with one attached hydrogen (secondary N) is 1. The summed E-state index contributed by atoms with van der Waals surface area (Å²) < 4.78 is 7.80. The summed E-state index contributed by atoms with van der Waals surface area (Å²) >= 11 is 7.79. The molecule has 0 radical (unpaired) electrons. The van der Waals surface area contributed by atoms with Gasteiger partial charge in [-0.1, -0.05) is 19.6 Å². The van der Waals surface area contributed by atoms with Crippen LogP contribution in [0, 0.1) is 3.70 Å². The minimum atomic E-state index is -1.11. The molecule has 0 aliphatic carbocycles. The van der Waals surface area contributed by atoms with Crippen molar-refractivity contribution >= 4 is 53.3 Å². The number of nitrogens with zero attached hydrogens (tertiary/aromatic N) is 3. The fraction of sp³-hybridized carbons (Fsp3) is 0.545. The molecule has 0 fully saturated rings. The number of H-pyrrole nitrogens is 1. The van der Waals surface area contributed by atoms with Gasteiger partial charge in [0.2, 0.25) is 5.28 Å². The van der Waals surface area contributed by atoms with E-state index in [1.165, 1.54) is 0 Å². The predicted octanol–water partition coefficient (Wildman–Crippen LogP) is 2.69. The number of rotatable bonds is 5. The van der Waals surface area contributed by atoms with Gasteiger partial charge >= 0.3 is 0 Å². The molecule has 0 spiro atoms. The molecule has 1 N–H and O–H groups in total. The van der Waals surface area contributed by atoms with Crippen LogP contribution in [0.25, 0.3) is 11.0 Å². The number of ether oxygens (including phenoxy) is 1. The second-order valence-electron chi connectivity index (χ2n) is 5.69. The molecule has 2 rings (SSSR count). The van der Waals surface area contributed by atoms with E-state index in [-0.39, 0.29) is 17.6 Å². The lowest BCUT2D eigenvalue weighted by atomic mass is 10.4. The molecule has 0 atom stereocenters. The zero-order valence-electron chi connectivity index (χ0n) is 11.5. The number of hydrogen-bond donors (Lipinski definition) is 1. The Balaban J connectivity index is 2.17. The molecule has 2 aromatic heterocycles. The second-order valence-corrected chi connectivity index (χ2v) is 12.7. The van der Waals surface area contributed by atoms with Crippen molar-refractivity contribution < 1.29 is 4.74 Å². The molecule has 9 heteroatoms. The summed E-state index contributed by atoms with van der Waals surface area (Å²) in [5.74, 6) is 0. The van der Waals surface area contributed by atoms with E-state index < -0.39 is 8.07 Å². The number of hydrogen-bond acceptors (Lipinski definition) is 4. The Bertz CT molecular complexity index is 679. The molecule has 6 nitrogen and oxygen atoms in total. The molecule has 0 amide bonds. The van der Waals surface area contributed by atoms with Crippen molar-refractivity contribution in [3.63, 3.8) is 0 Å². The van der Waals surface area contributed by atoms with Crippen LogP contribution >= 0.6 is 34.2 Å². The Morgan fingerprint density at radius 3 is 2.80 bits per heavy atom. The molecule has 20 heavy (non-hydrogen) atoms. The van der Waals surface area contributed by atoms with Crippen molar-refractivity contribution in [1.82, 2.24) is 19.7 Å². The van der Waals surface area contributed by atoms with E-state index in [9.17, 15) is 4.79 Å². The van der Waals surface area contributed by atoms with Crippen molar-refractivity contribution in [2.24, 2.45) is 0 Å². The van der Waals surface area contributed by atoms with Gasteiger partial charge in [0.05, 0.1) is 0 Å². The molecular formula is C11H16ClIN4O2Si. The standard InChI is InChI=1S/C11H16ClIN4O2Si/c1-20(2,3)5-4-19-6-17-9-7(8(13)16-17)10(18)15-11(12)14-9/h4-6H2,1-3H3,(H,14,15,18). The van der Waals surface area contributed by atoms with Crippen LogP contribution in [0.1, 0.15) is 0 Å². The highest BCUT2D eigenvalue weighted by atomic mass is 127. The minimum absolute atomic E-state index is 0.0575. The van der Waals surface area contributed by atoms with Crippen LogP contribution in [-0.2, 0) is 11.5 Å². The van der Waals surface area contributed by atoms with E-state index in [1.807, 2.05) is 22.6 Å². The van der Waals surface area contributed by atoms with Crippen molar-refractivity contribution in [1.29, 1.82) is 0 Å². The van der Waals surface area contributed by atoms with Crippen molar-refractivity contribution in [3.8, 4) is 0 Å². The average Bonchev–Trinajstić information content (AvgIpc) is 2.60. The Hall–Kier alpha value is -0.453. The van der Waals surface area contributed by atoms with Crippen LogP contribution in [0.2, 0.25) is 31.0 Å². The van der Waals surface area contributed by atoms with E-state index in [2.05, 4.69) is 34.7 Å². The van der Waals surface area contributed by atoms with Crippen molar-refractivity contribution in [2.45, 2.75) is 32.4 Å². The molecule has 0 saturated carbocycles. The fourth-order valence-electron chi connectivity index (χ4n) is 1.63. The molecular weight excluding hydrogens is 411 g/mol. The monoisotopic (exact) mass is 426 g/mol. The number of aromatic nitrogens is 4.